The van der Waals surface area contributed by atoms with Crippen molar-refractivity contribution in [1.82, 2.24) is 20.9 Å². The van der Waals surface area contributed by atoms with Crippen LogP contribution in [0.25, 0.3) is 0 Å². The summed E-state index contributed by atoms with van der Waals surface area (Å²) in [5, 5.41) is 8.22. The molecule has 1 aliphatic heterocycles. The van der Waals surface area contributed by atoms with E-state index in [1.807, 2.05) is 65.0 Å². The second kappa shape index (κ2) is 13.6. The zero-order valence-corrected chi connectivity index (χ0v) is 24.4. The van der Waals surface area contributed by atoms with Crippen molar-refractivity contribution in [2.45, 2.75) is 97.9 Å². The molecular formula is C29H44N4O6. The second-order valence-electron chi connectivity index (χ2n) is 11.6. The molecule has 0 radical (unpaired) electrons. The molecule has 216 valence electrons. The van der Waals surface area contributed by atoms with Crippen LogP contribution in [0, 0.1) is 11.3 Å². The summed E-state index contributed by atoms with van der Waals surface area (Å²) in [6, 6.07) is 5.52. The molecule has 39 heavy (non-hydrogen) atoms. The Bertz CT molecular complexity index is 1040. The first-order valence-electron chi connectivity index (χ1n) is 13.5. The highest BCUT2D eigenvalue weighted by atomic mass is 16.5. The first-order valence-corrected chi connectivity index (χ1v) is 13.5. The molecule has 0 saturated carbocycles. The van der Waals surface area contributed by atoms with Crippen LogP contribution in [0.3, 0.4) is 0 Å². The molecule has 4 amide bonds. The van der Waals surface area contributed by atoms with Crippen LogP contribution in [-0.2, 0) is 35.1 Å². The molecule has 0 aliphatic carbocycles. The van der Waals surface area contributed by atoms with Gasteiger partial charge in [0.05, 0.1) is 7.11 Å². The van der Waals surface area contributed by atoms with E-state index in [2.05, 4.69) is 16.0 Å². The van der Waals surface area contributed by atoms with Crippen LogP contribution in [0.15, 0.2) is 30.3 Å². The van der Waals surface area contributed by atoms with Crippen molar-refractivity contribution in [1.29, 1.82) is 0 Å². The van der Waals surface area contributed by atoms with Crippen LogP contribution >= 0.6 is 0 Å². The Hall–Kier alpha value is -3.43. The third-order valence-corrected chi connectivity index (χ3v) is 7.06. The lowest BCUT2D eigenvalue weighted by molar-refractivity contribution is -0.148. The van der Waals surface area contributed by atoms with Crippen LogP contribution in [-0.4, -0.2) is 71.8 Å². The fourth-order valence-electron chi connectivity index (χ4n) is 5.02. The van der Waals surface area contributed by atoms with E-state index < -0.39 is 42.0 Å². The summed E-state index contributed by atoms with van der Waals surface area (Å²) < 4.78 is 4.73. The number of rotatable bonds is 10. The maximum absolute atomic E-state index is 14.3. The third-order valence-electron chi connectivity index (χ3n) is 7.06. The van der Waals surface area contributed by atoms with Gasteiger partial charge in [0, 0.05) is 19.4 Å². The fraction of sp³-hybridized carbons (Fsp3) is 0.621. The number of benzene rings is 1. The van der Waals surface area contributed by atoms with Gasteiger partial charge in [-0.25, -0.2) is 4.79 Å². The topological polar surface area (TPSA) is 134 Å². The molecule has 3 N–H and O–H groups in total. The normalized spacial score (nSPS) is 19.6. The molecule has 5 atom stereocenters. The molecule has 1 aromatic carbocycles. The van der Waals surface area contributed by atoms with Crippen molar-refractivity contribution in [3.05, 3.63) is 35.9 Å². The molecule has 1 heterocycles. The molecule has 1 aromatic rings. The van der Waals surface area contributed by atoms with Gasteiger partial charge in [-0.05, 0) is 36.7 Å². The van der Waals surface area contributed by atoms with Crippen LogP contribution in [0.2, 0.25) is 0 Å². The fourth-order valence-corrected chi connectivity index (χ4v) is 5.02. The summed E-state index contributed by atoms with van der Waals surface area (Å²) in [6.07, 6.45) is 1.21. The zero-order chi connectivity index (χ0) is 29.5. The summed E-state index contributed by atoms with van der Waals surface area (Å²) in [5.74, 6) is -2.45. The van der Waals surface area contributed by atoms with E-state index in [1.54, 1.807) is 4.90 Å². The van der Waals surface area contributed by atoms with Crippen molar-refractivity contribution >= 4 is 29.6 Å². The Labute approximate surface area is 231 Å². The SMILES string of the molecule is COC(=O)[C@H](C)NC(=O)[C@@H]1CC[C@H](C(C)(C)C)N1C(=O)[C@H](Cc1ccccc1)NC(=O)[C@@H](NC(C)=O)C(C)C. The van der Waals surface area contributed by atoms with E-state index in [-0.39, 0.29) is 35.6 Å². The Morgan fingerprint density at radius 2 is 1.59 bits per heavy atom. The lowest BCUT2D eigenvalue weighted by Gasteiger charge is -2.39. The lowest BCUT2D eigenvalue weighted by Crippen LogP contribution is -2.61. The number of hydrogen-bond acceptors (Lipinski definition) is 6. The van der Waals surface area contributed by atoms with Gasteiger partial charge >= 0.3 is 5.97 Å². The maximum atomic E-state index is 14.3. The first-order chi connectivity index (χ1) is 18.2. The highest BCUT2D eigenvalue weighted by molar-refractivity contribution is 5.95. The van der Waals surface area contributed by atoms with Gasteiger partial charge in [-0.15, -0.1) is 0 Å². The van der Waals surface area contributed by atoms with Gasteiger partial charge in [-0.1, -0.05) is 65.0 Å². The van der Waals surface area contributed by atoms with Crippen molar-refractivity contribution in [2.24, 2.45) is 11.3 Å². The number of carbonyl (C=O) groups is 5. The predicted octanol–water partition coefficient (Wildman–Crippen LogP) is 1.96. The summed E-state index contributed by atoms with van der Waals surface area (Å²) in [4.78, 5) is 66.3. The minimum Gasteiger partial charge on any atom is -0.467 e. The summed E-state index contributed by atoms with van der Waals surface area (Å²) in [7, 11) is 1.24. The molecule has 10 nitrogen and oxygen atoms in total. The lowest BCUT2D eigenvalue weighted by atomic mass is 9.85. The Balaban J connectivity index is 2.45. The van der Waals surface area contributed by atoms with E-state index >= 15 is 0 Å². The predicted molar refractivity (Wildman–Crippen MR) is 147 cm³/mol. The number of nitrogens with zero attached hydrogens (tertiary/aromatic N) is 1. The molecule has 0 unspecified atom stereocenters. The average molecular weight is 545 g/mol. The average Bonchev–Trinajstić information content (AvgIpc) is 3.32. The van der Waals surface area contributed by atoms with Crippen LogP contribution in [0.5, 0.6) is 0 Å². The van der Waals surface area contributed by atoms with E-state index in [0.29, 0.717) is 12.8 Å². The number of esters is 1. The molecule has 1 fully saturated rings. The second-order valence-corrected chi connectivity index (χ2v) is 11.6. The Kier molecular flexibility index (Phi) is 11.1. The highest BCUT2D eigenvalue weighted by Gasteiger charge is 2.48. The largest absolute Gasteiger partial charge is 0.467 e. The minimum absolute atomic E-state index is 0.205. The number of carbonyl (C=O) groups excluding carboxylic acids is 5. The Morgan fingerprint density at radius 1 is 0.974 bits per heavy atom. The zero-order valence-electron chi connectivity index (χ0n) is 24.4. The van der Waals surface area contributed by atoms with E-state index in [9.17, 15) is 24.0 Å². The Morgan fingerprint density at radius 3 is 2.10 bits per heavy atom. The molecule has 0 bridgehead atoms. The third kappa shape index (κ3) is 8.53. The molecule has 0 spiro atoms. The van der Waals surface area contributed by atoms with Crippen molar-refractivity contribution in [3.8, 4) is 0 Å². The highest BCUT2D eigenvalue weighted by Crippen LogP contribution is 2.37. The van der Waals surface area contributed by atoms with E-state index in [1.165, 1.54) is 21.0 Å². The first kappa shape index (κ1) is 31.8. The summed E-state index contributed by atoms with van der Waals surface area (Å²) >= 11 is 0. The number of nitrogens with one attached hydrogen (secondary N) is 3. The molecule has 2 rings (SSSR count). The molecule has 10 heteroatoms. The monoisotopic (exact) mass is 544 g/mol. The van der Waals surface area contributed by atoms with Crippen LogP contribution < -0.4 is 16.0 Å². The van der Waals surface area contributed by atoms with Gasteiger partial charge in [0.1, 0.15) is 24.2 Å². The molecule has 0 aromatic heterocycles. The van der Waals surface area contributed by atoms with Gasteiger partial charge in [-0.3, -0.25) is 19.2 Å². The number of hydrogen-bond donors (Lipinski definition) is 3. The quantitative estimate of drug-likeness (QED) is 0.386. The van der Waals surface area contributed by atoms with Gasteiger partial charge in [0.15, 0.2) is 0 Å². The van der Waals surface area contributed by atoms with Gasteiger partial charge in [0.25, 0.3) is 0 Å². The maximum Gasteiger partial charge on any atom is 0.328 e. The van der Waals surface area contributed by atoms with E-state index in [4.69, 9.17) is 4.74 Å². The van der Waals surface area contributed by atoms with Crippen molar-refractivity contribution < 1.29 is 28.7 Å². The summed E-state index contributed by atoms with van der Waals surface area (Å²) in [5.41, 5.74) is 0.486. The molecule has 1 saturated heterocycles. The number of methoxy groups -OCH3 is 1. The van der Waals surface area contributed by atoms with Crippen molar-refractivity contribution in [2.75, 3.05) is 7.11 Å². The minimum atomic E-state index is -0.980. The number of ether oxygens (including phenoxy) is 1. The van der Waals surface area contributed by atoms with Crippen LogP contribution in [0.1, 0.15) is 66.9 Å². The van der Waals surface area contributed by atoms with Gasteiger partial charge in [0.2, 0.25) is 23.6 Å². The molecule has 1 aliphatic rings. The van der Waals surface area contributed by atoms with Crippen molar-refractivity contribution in [3.63, 3.8) is 0 Å². The van der Waals surface area contributed by atoms with Crippen LogP contribution in [0.4, 0.5) is 0 Å². The van der Waals surface area contributed by atoms with E-state index in [0.717, 1.165) is 5.56 Å². The van der Waals surface area contributed by atoms with Gasteiger partial charge < -0.3 is 25.6 Å². The number of amides is 4. The number of likely N-dealkylation sites (tertiary alicyclic amines) is 1. The van der Waals surface area contributed by atoms with Gasteiger partial charge in [-0.2, -0.15) is 0 Å². The standard InChI is InChI=1S/C29H44N4O6/c1-17(2)24(31-19(4)34)26(36)32-21(16-20-12-10-9-11-13-20)27(37)33-22(14-15-23(33)29(5,6)7)25(35)30-18(3)28(38)39-8/h9-13,17-18,21-24H,14-16H2,1-8H3,(H,30,35)(H,31,34)(H,32,36)/t18-,21-,22-,23+,24-/m0/s1. The summed E-state index contributed by atoms with van der Waals surface area (Å²) in [6.45, 7) is 12.5. The molecular weight excluding hydrogens is 500 g/mol. The smallest absolute Gasteiger partial charge is 0.328 e.